The zero-order chi connectivity index (χ0) is 18.5. The summed E-state index contributed by atoms with van der Waals surface area (Å²) in [4.78, 5) is 27.2. The van der Waals surface area contributed by atoms with Crippen molar-refractivity contribution in [2.24, 2.45) is 4.99 Å². The molecule has 132 valence electrons. The Kier molecular flexibility index (Phi) is 5.29. The molecular weight excluding hydrogens is 378 g/mol. The van der Waals surface area contributed by atoms with E-state index >= 15 is 0 Å². The van der Waals surface area contributed by atoms with Gasteiger partial charge in [-0.1, -0.05) is 34.8 Å². The summed E-state index contributed by atoms with van der Waals surface area (Å²) in [6, 6.07) is 9.82. The Balaban J connectivity index is 1.68. The van der Waals surface area contributed by atoms with E-state index < -0.39 is 4.92 Å². The van der Waals surface area contributed by atoms with Crippen LogP contribution in [0.1, 0.15) is 15.2 Å². The van der Waals surface area contributed by atoms with Crippen molar-refractivity contribution in [2.45, 2.75) is 0 Å². The highest BCUT2D eigenvalue weighted by molar-refractivity contribution is 7.19. The van der Waals surface area contributed by atoms with Gasteiger partial charge < -0.3 is 4.74 Å². The number of aliphatic imine (C=N–C) groups is 1. The average Bonchev–Trinajstić information content (AvgIpc) is 3.29. The summed E-state index contributed by atoms with van der Waals surface area (Å²) in [7, 11) is 1.48. The smallest absolute Gasteiger partial charge is 0.324 e. The molecule has 26 heavy (non-hydrogen) atoms. The van der Waals surface area contributed by atoms with E-state index in [4.69, 9.17) is 4.74 Å². The fourth-order valence-electron chi connectivity index (χ4n) is 1.94. The number of para-hydroxylation sites is 1. The summed E-state index contributed by atoms with van der Waals surface area (Å²) >= 11 is 2.08. The zero-order valence-corrected chi connectivity index (χ0v) is 14.9. The van der Waals surface area contributed by atoms with Crippen LogP contribution >= 0.6 is 22.7 Å². The van der Waals surface area contributed by atoms with Crippen LogP contribution < -0.4 is 10.1 Å². The fraction of sp³-hybridized carbons (Fsp3) is 0.0667. The molecule has 0 atom stereocenters. The second-order valence-corrected chi connectivity index (χ2v) is 6.79. The lowest BCUT2D eigenvalue weighted by atomic mass is 10.2. The number of benzene rings is 1. The number of nitrogens with one attached hydrogen (secondary N) is 1. The van der Waals surface area contributed by atoms with Crippen molar-refractivity contribution in [2.75, 3.05) is 12.4 Å². The largest absolute Gasteiger partial charge is 0.496 e. The van der Waals surface area contributed by atoms with E-state index in [2.05, 4.69) is 20.5 Å². The van der Waals surface area contributed by atoms with E-state index in [0.29, 0.717) is 21.3 Å². The molecule has 0 saturated carbocycles. The summed E-state index contributed by atoms with van der Waals surface area (Å²) in [6.07, 6.45) is 1.46. The monoisotopic (exact) mass is 389 g/mol. The quantitative estimate of drug-likeness (QED) is 0.391. The van der Waals surface area contributed by atoms with Crippen molar-refractivity contribution in [1.82, 2.24) is 10.2 Å². The van der Waals surface area contributed by atoms with Crippen LogP contribution in [0.5, 0.6) is 5.75 Å². The Labute approximate surface area is 155 Å². The molecule has 0 aliphatic carbocycles. The van der Waals surface area contributed by atoms with Crippen molar-refractivity contribution in [1.29, 1.82) is 0 Å². The van der Waals surface area contributed by atoms with Gasteiger partial charge in [0, 0.05) is 12.3 Å². The third-order valence-corrected chi connectivity index (χ3v) is 4.80. The van der Waals surface area contributed by atoms with Crippen molar-refractivity contribution in [3.63, 3.8) is 0 Å². The number of amides is 1. The molecule has 0 saturated heterocycles. The highest BCUT2D eigenvalue weighted by Gasteiger charge is 2.14. The van der Waals surface area contributed by atoms with E-state index in [0.717, 1.165) is 22.7 Å². The van der Waals surface area contributed by atoms with E-state index in [1.54, 1.807) is 30.3 Å². The lowest BCUT2D eigenvalue weighted by molar-refractivity contribution is -0.380. The number of rotatable bonds is 6. The van der Waals surface area contributed by atoms with Crippen LogP contribution in [0, 0.1) is 10.1 Å². The van der Waals surface area contributed by atoms with Crippen LogP contribution in [0.2, 0.25) is 0 Å². The Hall–Kier alpha value is -3.18. The minimum absolute atomic E-state index is 0.0356. The zero-order valence-electron chi connectivity index (χ0n) is 13.3. The van der Waals surface area contributed by atoms with Gasteiger partial charge in [0.1, 0.15) is 5.75 Å². The van der Waals surface area contributed by atoms with Gasteiger partial charge in [-0.15, -0.1) is 10.2 Å². The first kappa shape index (κ1) is 17.6. The molecule has 3 rings (SSSR count). The number of carbonyl (C=O) groups is 1. The van der Waals surface area contributed by atoms with Gasteiger partial charge in [-0.3, -0.25) is 20.2 Å². The second kappa shape index (κ2) is 7.80. The number of thiophene rings is 1. The van der Waals surface area contributed by atoms with Gasteiger partial charge in [0.05, 0.1) is 22.5 Å². The minimum atomic E-state index is -0.460. The molecule has 3 aromatic rings. The molecule has 11 heteroatoms. The Morgan fingerprint density at radius 2 is 2.08 bits per heavy atom. The normalized spacial score (nSPS) is 10.8. The molecule has 0 radical (unpaired) electrons. The molecule has 1 N–H and O–H groups in total. The molecule has 0 aliphatic heterocycles. The molecule has 1 aromatic carbocycles. The van der Waals surface area contributed by atoms with Crippen molar-refractivity contribution in [3.05, 3.63) is 57.0 Å². The van der Waals surface area contributed by atoms with Crippen LogP contribution in [0.25, 0.3) is 0 Å². The fourth-order valence-corrected chi connectivity index (χ4v) is 3.22. The molecule has 9 nitrogen and oxygen atoms in total. The van der Waals surface area contributed by atoms with Gasteiger partial charge in [-0.05, 0) is 18.2 Å². The van der Waals surface area contributed by atoms with E-state index in [1.165, 1.54) is 19.4 Å². The molecule has 2 aromatic heterocycles. The number of ether oxygens (including phenoxy) is 1. The molecular formula is C15H11N5O4S2. The lowest BCUT2D eigenvalue weighted by Gasteiger charge is -2.06. The van der Waals surface area contributed by atoms with Crippen LogP contribution in [0.15, 0.2) is 41.4 Å². The number of hydrogen-bond donors (Lipinski definition) is 1. The number of hydrogen-bond acceptors (Lipinski definition) is 9. The van der Waals surface area contributed by atoms with E-state index in [-0.39, 0.29) is 16.0 Å². The molecule has 0 spiro atoms. The average molecular weight is 389 g/mol. The number of carbonyl (C=O) groups excluding carboxylic acids is 1. The van der Waals surface area contributed by atoms with Crippen molar-refractivity contribution >= 4 is 50.1 Å². The molecule has 1 amide bonds. The van der Waals surface area contributed by atoms with Crippen LogP contribution in [0.3, 0.4) is 0 Å². The number of nitro groups is 1. The summed E-state index contributed by atoms with van der Waals surface area (Å²) in [5, 5.41) is 21.6. The molecule has 0 unspecified atom stereocenters. The van der Waals surface area contributed by atoms with E-state index in [9.17, 15) is 14.9 Å². The minimum Gasteiger partial charge on any atom is -0.496 e. The summed E-state index contributed by atoms with van der Waals surface area (Å²) in [5.74, 6) is 0.0788. The lowest BCUT2D eigenvalue weighted by Crippen LogP contribution is -2.12. The molecule has 0 fully saturated rings. The van der Waals surface area contributed by atoms with E-state index in [1.807, 2.05) is 0 Å². The maximum atomic E-state index is 12.3. The number of nitrogens with zero attached hydrogens (tertiary/aromatic N) is 4. The SMILES string of the molecule is COc1ccccc1C(=O)Nc1nnc(N=Cc2ccc([N+](=O)[O-])s2)s1. The highest BCUT2D eigenvalue weighted by Crippen LogP contribution is 2.26. The topological polar surface area (TPSA) is 120 Å². The summed E-state index contributed by atoms with van der Waals surface area (Å²) in [6.45, 7) is 0. The van der Waals surface area contributed by atoms with Gasteiger partial charge in [-0.25, -0.2) is 4.99 Å². The standard InChI is InChI=1S/C15H11N5O4S2/c1-24-11-5-3-2-4-10(11)13(21)17-15-19-18-14(26-15)16-8-9-6-7-12(25-9)20(22)23/h2-8H,1H3,(H,17,19,21). The Morgan fingerprint density at radius 1 is 1.27 bits per heavy atom. The first-order valence-electron chi connectivity index (χ1n) is 7.13. The number of methoxy groups -OCH3 is 1. The predicted molar refractivity (Wildman–Crippen MR) is 99.1 cm³/mol. The molecule has 0 bridgehead atoms. The third-order valence-electron chi connectivity index (χ3n) is 3.08. The summed E-state index contributed by atoms with van der Waals surface area (Å²) in [5.41, 5.74) is 0.376. The van der Waals surface area contributed by atoms with Crippen LogP contribution in [0.4, 0.5) is 15.3 Å². The molecule has 0 aliphatic rings. The van der Waals surface area contributed by atoms with Crippen molar-refractivity contribution < 1.29 is 14.5 Å². The van der Waals surface area contributed by atoms with Gasteiger partial charge >= 0.3 is 5.00 Å². The predicted octanol–water partition coefficient (Wildman–Crippen LogP) is 3.52. The van der Waals surface area contributed by atoms with Crippen LogP contribution in [-0.4, -0.2) is 34.4 Å². The summed E-state index contributed by atoms with van der Waals surface area (Å²) < 4.78 is 5.15. The van der Waals surface area contributed by atoms with Gasteiger partial charge in [-0.2, -0.15) is 0 Å². The number of anilines is 1. The highest BCUT2D eigenvalue weighted by atomic mass is 32.1. The second-order valence-electron chi connectivity index (χ2n) is 4.74. The Bertz CT molecular complexity index is 982. The molecule has 2 heterocycles. The van der Waals surface area contributed by atoms with Gasteiger partial charge in [0.15, 0.2) is 0 Å². The van der Waals surface area contributed by atoms with Crippen molar-refractivity contribution in [3.8, 4) is 5.75 Å². The van der Waals surface area contributed by atoms with Gasteiger partial charge in [0.25, 0.3) is 5.91 Å². The number of aromatic nitrogens is 2. The van der Waals surface area contributed by atoms with Gasteiger partial charge in [0.2, 0.25) is 10.3 Å². The maximum absolute atomic E-state index is 12.3. The van der Waals surface area contributed by atoms with Crippen LogP contribution in [-0.2, 0) is 0 Å². The first-order chi connectivity index (χ1) is 12.6. The third kappa shape index (κ3) is 4.07. The first-order valence-corrected chi connectivity index (χ1v) is 8.76. The Morgan fingerprint density at radius 3 is 2.81 bits per heavy atom. The maximum Gasteiger partial charge on any atom is 0.324 e.